The first-order valence-electron chi connectivity index (χ1n) is 9.11. The van der Waals surface area contributed by atoms with Crippen LogP contribution in [0.15, 0.2) is 64.2 Å². The van der Waals surface area contributed by atoms with Crippen molar-refractivity contribution in [3.63, 3.8) is 0 Å². The van der Waals surface area contributed by atoms with Crippen molar-refractivity contribution >= 4 is 22.7 Å². The molecule has 0 bridgehead atoms. The number of hydrogen-bond acceptors (Lipinski definition) is 5. The van der Waals surface area contributed by atoms with E-state index in [9.17, 15) is 14.0 Å². The summed E-state index contributed by atoms with van der Waals surface area (Å²) in [4.78, 5) is 31.7. The lowest BCUT2D eigenvalue weighted by molar-refractivity contribution is -0.119. The molecule has 0 radical (unpaired) electrons. The maximum absolute atomic E-state index is 13.2. The van der Waals surface area contributed by atoms with Crippen LogP contribution in [-0.4, -0.2) is 27.2 Å². The van der Waals surface area contributed by atoms with Crippen LogP contribution >= 0.6 is 0 Å². The number of anilines is 1. The summed E-state index contributed by atoms with van der Waals surface area (Å²) in [6, 6.07) is 13.3. The summed E-state index contributed by atoms with van der Waals surface area (Å²) in [5.41, 5.74) is 2.42. The Labute approximate surface area is 164 Å². The molecule has 0 unspecified atom stereocenters. The van der Waals surface area contributed by atoms with Crippen LogP contribution in [0.2, 0.25) is 0 Å². The minimum absolute atomic E-state index is 0.0737. The Kier molecular flexibility index (Phi) is 3.97. The second-order valence-electron chi connectivity index (χ2n) is 6.82. The standard InChI is InChI=1S/C21H15FN4O3/c22-15-7-5-14(6-8-15)19-18-20(29-24-19)23-12-25(21(18)28)11-17(27)26-10-9-13-3-1-2-4-16(13)26/h1-8,12H,9-11H2. The molecule has 3 heterocycles. The van der Waals surface area contributed by atoms with E-state index in [0.29, 0.717) is 12.1 Å². The predicted octanol–water partition coefficient (Wildman–Crippen LogP) is 2.78. The number of hydrogen-bond donors (Lipinski definition) is 0. The van der Waals surface area contributed by atoms with Gasteiger partial charge in [0.25, 0.3) is 11.3 Å². The Hall–Kier alpha value is -3.81. The Morgan fingerprint density at radius 1 is 1.14 bits per heavy atom. The van der Waals surface area contributed by atoms with Crippen molar-refractivity contribution in [1.82, 2.24) is 14.7 Å². The second-order valence-corrected chi connectivity index (χ2v) is 6.82. The largest absolute Gasteiger partial charge is 0.335 e. The van der Waals surface area contributed by atoms with Crippen LogP contribution in [0.5, 0.6) is 0 Å². The minimum atomic E-state index is -0.434. The fraction of sp³-hybridized carbons (Fsp3) is 0.143. The Balaban J connectivity index is 1.51. The van der Waals surface area contributed by atoms with Gasteiger partial charge in [-0.05, 0) is 42.3 Å². The van der Waals surface area contributed by atoms with Crippen molar-refractivity contribution < 1.29 is 13.7 Å². The van der Waals surface area contributed by atoms with Gasteiger partial charge in [0.05, 0.1) is 0 Å². The molecule has 0 N–H and O–H groups in total. The van der Waals surface area contributed by atoms with E-state index in [2.05, 4.69) is 10.1 Å². The molecule has 4 aromatic rings. The van der Waals surface area contributed by atoms with Gasteiger partial charge in [0.2, 0.25) is 5.91 Å². The number of carbonyl (C=O) groups excluding carboxylic acids is 1. The molecule has 8 heteroatoms. The highest BCUT2D eigenvalue weighted by Crippen LogP contribution is 2.28. The number of aromatic nitrogens is 3. The normalized spacial score (nSPS) is 13.1. The van der Waals surface area contributed by atoms with Crippen LogP contribution in [0.3, 0.4) is 0 Å². The van der Waals surface area contributed by atoms with Crippen molar-refractivity contribution in [3.8, 4) is 11.3 Å². The van der Waals surface area contributed by atoms with Gasteiger partial charge >= 0.3 is 0 Å². The van der Waals surface area contributed by atoms with Crippen LogP contribution in [0.4, 0.5) is 10.1 Å². The lowest BCUT2D eigenvalue weighted by Crippen LogP contribution is -2.35. The van der Waals surface area contributed by atoms with Crippen molar-refractivity contribution in [3.05, 3.63) is 76.6 Å². The summed E-state index contributed by atoms with van der Waals surface area (Å²) >= 11 is 0. The zero-order valence-electron chi connectivity index (χ0n) is 15.2. The summed E-state index contributed by atoms with van der Waals surface area (Å²) in [6.45, 7) is 0.431. The Morgan fingerprint density at radius 2 is 1.93 bits per heavy atom. The van der Waals surface area contributed by atoms with Gasteiger partial charge in [0.1, 0.15) is 29.8 Å². The average Bonchev–Trinajstić information content (AvgIpc) is 3.35. The summed E-state index contributed by atoms with van der Waals surface area (Å²) in [7, 11) is 0. The van der Waals surface area contributed by atoms with E-state index >= 15 is 0 Å². The monoisotopic (exact) mass is 390 g/mol. The lowest BCUT2D eigenvalue weighted by Gasteiger charge is -2.17. The molecule has 2 aromatic heterocycles. The SMILES string of the molecule is O=C(Cn1cnc2onc(-c3ccc(F)cc3)c2c1=O)N1CCc2ccccc21. The fourth-order valence-electron chi connectivity index (χ4n) is 3.63. The van der Waals surface area contributed by atoms with Crippen LogP contribution in [0, 0.1) is 5.82 Å². The first-order valence-corrected chi connectivity index (χ1v) is 9.11. The van der Waals surface area contributed by atoms with Gasteiger partial charge < -0.3 is 9.42 Å². The molecule has 1 aliphatic heterocycles. The molecule has 2 aromatic carbocycles. The summed E-state index contributed by atoms with van der Waals surface area (Å²) < 4.78 is 19.6. The van der Waals surface area contributed by atoms with E-state index in [0.717, 1.165) is 17.7 Å². The number of halogens is 1. The van der Waals surface area contributed by atoms with E-state index in [1.54, 1.807) is 4.90 Å². The maximum Gasteiger partial charge on any atom is 0.267 e. The molecule has 0 saturated carbocycles. The smallest absolute Gasteiger partial charge is 0.267 e. The van der Waals surface area contributed by atoms with Gasteiger partial charge in [-0.2, -0.15) is 0 Å². The van der Waals surface area contributed by atoms with E-state index in [1.165, 1.54) is 35.2 Å². The van der Waals surface area contributed by atoms with E-state index in [-0.39, 0.29) is 29.2 Å². The predicted molar refractivity (Wildman–Crippen MR) is 104 cm³/mol. The van der Waals surface area contributed by atoms with Gasteiger partial charge in [-0.15, -0.1) is 0 Å². The average molecular weight is 390 g/mol. The zero-order valence-corrected chi connectivity index (χ0v) is 15.2. The molecule has 0 spiro atoms. The fourth-order valence-corrected chi connectivity index (χ4v) is 3.63. The van der Waals surface area contributed by atoms with Crippen molar-refractivity contribution in [1.29, 1.82) is 0 Å². The van der Waals surface area contributed by atoms with Crippen LogP contribution in [-0.2, 0) is 17.8 Å². The number of amides is 1. The third-order valence-electron chi connectivity index (χ3n) is 5.07. The number of nitrogens with zero attached hydrogens (tertiary/aromatic N) is 4. The summed E-state index contributed by atoms with van der Waals surface area (Å²) in [5, 5.41) is 4.08. The molecule has 5 rings (SSSR count). The number of fused-ring (bicyclic) bond motifs is 2. The van der Waals surface area contributed by atoms with Gasteiger partial charge in [-0.3, -0.25) is 14.2 Å². The van der Waals surface area contributed by atoms with Crippen LogP contribution in [0.25, 0.3) is 22.4 Å². The van der Waals surface area contributed by atoms with E-state index < -0.39 is 11.4 Å². The Morgan fingerprint density at radius 3 is 2.76 bits per heavy atom. The molecule has 0 atom stereocenters. The van der Waals surface area contributed by atoms with Crippen molar-refractivity contribution in [2.75, 3.05) is 11.4 Å². The molecule has 0 aliphatic carbocycles. The summed E-state index contributed by atoms with van der Waals surface area (Å²) in [5.74, 6) is -0.591. The highest BCUT2D eigenvalue weighted by Gasteiger charge is 2.25. The first kappa shape index (κ1) is 17.3. The van der Waals surface area contributed by atoms with Crippen LogP contribution < -0.4 is 10.5 Å². The summed E-state index contributed by atoms with van der Waals surface area (Å²) in [6.07, 6.45) is 2.07. The molecule has 1 aliphatic rings. The van der Waals surface area contributed by atoms with E-state index in [1.807, 2.05) is 24.3 Å². The quantitative estimate of drug-likeness (QED) is 0.537. The van der Waals surface area contributed by atoms with Gasteiger partial charge in [-0.25, -0.2) is 9.37 Å². The van der Waals surface area contributed by atoms with Crippen molar-refractivity contribution in [2.24, 2.45) is 0 Å². The van der Waals surface area contributed by atoms with Gasteiger partial charge in [0, 0.05) is 17.8 Å². The van der Waals surface area contributed by atoms with Crippen molar-refractivity contribution in [2.45, 2.75) is 13.0 Å². The lowest BCUT2D eigenvalue weighted by atomic mass is 10.1. The first-order chi connectivity index (χ1) is 14.1. The van der Waals surface area contributed by atoms with Gasteiger partial charge in [0.15, 0.2) is 0 Å². The molecule has 29 heavy (non-hydrogen) atoms. The molecule has 1 amide bonds. The number of rotatable bonds is 3. The molecule has 0 saturated heterocycles. The second kappa shape index (κ2) is 6.66. The number of benzene rings is 2. The topological polar surface area (TPSA) is 81.2 Å². The molecule has 144 valence electrons. The molecule has 7 nitrogen and oxygen atoms in total. The maximum atomic E-state index is 13.2. The third kappa shape index (κ3) is 2.89. The minimum Gasteiger partial charge on any atom is -0.335 e. The van der Waals surface area contributed by atoms with Crippen LogP contribution in [0.1, 0.15) is 5.56 Å². The molecule has 0 fully saturated rings. The Bertz CT molecular complexity index is 1290. The molecular formula is C21H15FN4O3. The zero-order chi connectivity index (χ0) is 20.0. The number of para-hydroxylation sites is 1. The van der Waals surface area contributed by atoms with Gasteiger partial charge in [-0.1, -0.05) is 23.4 Å². The molecular weight excluding hydrogens is 375 g/mol. The van der Waals surface area contributed by atoms with E-state index in [4.69, 9.17) is 4.52 Å². The highest BCUT2D eigenvalue weighted by atomic mass is 19.1. The number of carbonyl (C=O) groups is 1. The third-order valence-corrected chi connectivity index (χ3v) is 5.07. The highest BCUT2D eigenvalue weighted by molar-refractivity contribution is 5.95.